The van der Waals surface area contributed by atoms with Crippen molar-refractivity contribution >= 4 is 17.3 Å². The van der Waals surface area contributed by atoms with Crippen LogP contribution in [-0.2, 0) is 22.5 Å². The van der Waals surface area contributed by atoms with Crippen LogP contribution in [0.3, 0.4) is 0 Å². The third-order valence-corrected chi connectivity index (χ3v) is 4.22. The minimum absolute atomic E-state index is 0.248. The summed E-state index contributed by atoms with van der Waals surface area (Å²) in [6.07, 6.45) is 0.672. The number of benzene rings is 2. The van der Waals surface area contributed by atoms with Gasteiger partial charge in [-0.15, -0.1) is 0 Å². The maximum absolute atomic E-state index is 11.5. The molecule has 5 nitrogen and oxygen atoms in total. The topological polar surface area (TPSA) is 81.6 Å². The minimum Gasteiger partial charge on any atom is -0.456 e. The number of nitrogens with zero attached hydrogens (tertiary/aromatic N) is 1. The summed E-state index contributed by atoms with van der Waals surface area (Å²) in [7, 11) is 0. The minimum atomic E-state index is -0.472. The van der Waals surface area contributed by atoms with Gasteiger partial charge >= 0.3 is 5.97 Å². The number of carbonyl (C=O) groups excluding carboxylic acids is 1. The summed E-state index contributed by atoms with van der Waals surface area (Å²) in [6, 6.07) is 15.6. The molecule has 24 heavy (non-hydrogen) atoms. The van der Waals surface area contributed by atoms with Crippen LogP contribution < -0.4 is 11.5 Å². The van der Waals surface area contributed by atoms with E-state index in [1.807, 2.05) is 42.5 Å². The van der Waals surface area contributed by atoms with E-state index in [9.17, 15) is 4.79 Å². The monoisotopic (exact) mass is 325 g/mol. The Morgan fingerprint density at radius 1 is 1.08 bits per heavy atom. The summed E-state index contributed by atoms with van der Waals surface area (Å²) in [5.74, 6) is -0.248. The highest BCUT2D eigenvalue weighted by molar-refractivity contribution is 5.67. The average molecular weight is 325 g/mol. The fraction of sp³-hybridized carbons (Fsp3) is 0.316. The van der Waals surface area contributed by atoms with Gasteiger partial charge in [0.2, 0.25) is 0 Å². The summed E-state index contributed by atoms with van der Waals surface area (Å²) in [6.45, 7) is 3.67. The van der Waals surface area contributed by atoms with Gasteiger partial charge in [0.25, 0.3) is 0 Å². The van der Waals surface area contributed by atoms with E-state index in [1.54, 1.807) is 0 Å². The van der Waals surface area contributed by atoms with Crippen LogP contribution in [-0.4, -0.2) is 29.6 Å². The van der Waals surface area contributed by atoms with Crippen LogP contribution in [0.5, 0.6) is 0 Å². The van der Waals surface area contributed by atoms with Gasteiger partial charge in [0.1, 0.15) is 5.60 Å². The van der Waals surface area contributed by atoms with Crippen molar-refractivity contribution in [2.75, 3.05) is 24.6 Å². The quantitative estimate of drug-likeness (QED) is 0.651. The normalized spacial score (nSPS) is 16.4. The predicted octanol–water partition coefficient (Wildman–Crippen LogP) is 2.21. The van der Waals surface area contributed by atoms with E-state index >= 15 is 0 Å². The van der Waals surface area contributed by atoms with Gasteiger partial charge < -0.3 is 16.2 Å². The van der Waals surface area contributed by atoms with Crippen LogP contribution in [0.1, 0.15) is 18.1 Å². The number of hydrogen-bond acceptors (Lipinski definition) is 5. The van der Waals surface area contributed by atoms with E-state index in [-0.39, 0.29) is 5.97 Å². The van der Waals surface area contributed by atoms with Crippen molar-refractivity contribution in [1.29, 1.82) is 0 Å². The lowest BCUT2D eigenvalue weighted by Gasteiger charge is -2.49. The zero-order chi connectivity index (χ0) is 17.2. The Morgan fingerprint density at radius 2 is 1.67 bits per heavy atom. The van der Waals surface area contributed by atoms with Crippen molar-refractivity contribution in [1.82, 2.24) is 4.90 Å². The van der Waals surface area contributed by atoms with E-state index in [2.05, 4.69) is 11.0 Å². The molecule has 0 spiro atoms. The summed E-state index contributed by atoms with van der Waals surface area (Å²) < 4.78 is 5.66. The number of nitrogen functional groups attached to an aromatic ring is 2. The summed E-state index contributed by atoms with van der Waals surface area (Å²) in [4.78, 5) is 13.8. The van der Waals surface area contributed by atoms with E-state index in [0.29, 0.717) is 19.5 Å². The second-order valence-electron chi connectivity index (χ2n) is 6.59. The highest BCUT2D eigenvalue weighted by Gasteiger charge is 2.45. The van der Waals surface area contributed by atoms with Crippen LogP contribution in [0.25, 0.3) is 0 Å². The highest BCUT2D eigenvalue weighted by atomic mass is 16.6. The van der Waals surface area contributed by atoms with Crippen molar-refractivity contribution in [3.63, 3.8) is 0 Å². The van der Waals surface area contributed by atoms with Gasteiger partial charge in [-0.2, -0.15) is 0 Å². The molecule has 1 aliphatic heterocycles. The number of ether oxygens (including phenoxy) is 1. The number of nitrogens with two attached hydrogens (primary N) is 2. The van der Waals surface area contributed by atoms with Gasteiger partial charge in [0.15, 0.2) is 0 Å². The lowest BCUT2D eigenvalue weighted by molar-refractivity contribution is -0.178. The van der Waals surface area contributed by atoms with Gasteiger partial charge in [-0.1, -0.05) is 24.3 Å². The molecule has 4 N–H and O–H groups in total. The van der Waals surface area contributed by atoms with Crippen molar-refractivity contribution in [3.8, 4) is 0 Å². The fourth-order valence-electron chi connectivity index (χ4n) is 3.42. The Bertz CT molecular complexity index is 739. The summed E-state index contributed by atoms with van der Waals surface area (Å²) in [5.41, 5.74) is 14.9. The van der Waals surface area contributed by atoms with Crippen molar-refractivity contribution < 1.29 is 9.53 Å². The van der Waals surface area contributed by atoms with Crippen LogP contribution in [0.2, 0.25) is 0 Å². The molecule has 3 rings (SSSR count). The molecular formula is C19H23N3O2. The molecule has 0 radical (unpaired) electrons. The van der Waals surface area contributed by atoms with Crippen LogP contribution >= 0.6 is 0 Å². The molecule has 2 aromatic rings. The smallest absolute Gasteiger partial charge is 0.303 e. The molecule has 0 bridgehead atoms. The first-order chi connectivity index (χ1) is 11.4. The molecule has 2 aromatic carbocycles. The number of hydrogen-bond donors (Lipinski definition) is 2. The molecule has 1 saturated heterocycles. The third-order valence-electron chi connectivity index (χ3n) is 4.22. The molecule has 0 aliphatic carbocycles. The lowest BCUT2D eigenvalue weighted by atomic mass is 9.86. The largest absolute Gasteiger partial charge is 0.456 e. The molecule has 0 amide bonds. The highest BCUT2D eigenvalue weighted by Crippen LogP contribution is 2.31. The second kappa shape index (κ2) is 6.53. The number of esters is 1. The first-order valence-corrected chi connectivity index (χ1v) is 8.05. The van der Waals surface area contributed by atoms with Gasteiger partial charge in [-0.05, 0) is 35.4 Å². The Morgan fingerprint density at radius 3 is 2.25 bits per heavy atom. The van der Waals surface area contributed by atoms with Crippen LogP contribution in [0, 0.1) is 0 Å². The standard InChI is InChI=1S/C19H23N3O2/c1-14(23)24-19(10-15-4-2-6-17(20)8-15)12-22(13-19)11-16-5-3-7-18(21)9-16/h2-9H,10-13,20-21H2,1H3. The maximum Gasteiger partial charge on any atom is 0.303 e. The molecule has 1 aliphatic rings. The Kier molecular flexibility index (Phi) is 4.44. The fourth-order valence-corrected chi connectivity index (χ4v) is 3.42. The Hall–Kier alpha value is -2.53. The first kappa shape index (κ1) is 16.3. The number of likely N-dealkylation sites (tertiary alicyclic amines) is 1. The Labute approximate surface area is 142 Å². The second-order valence-corrected chi connectivity index (χ2v) is 6.59. The summed E-state index contributed by atoms with van der Waals surface area (Å²) >= 11 is 0. The van der Waals surface area contributed by atoms with Crippen LogP contribution in [0.15, 0.2) is 48.5 Å². The Balaban J connectivity index is 1.67. The number of rotatable bonds is 5. The van der Waals surface area contributed by atoms with Crippen molar-refractivity contribution in [2.45, 2.75) is 25.5 Å². The number of carbonyl (C=O) groups is 1. The maximum atomic E-state index is 11.5. The van der Waals surface area contributed by atoms with Gasteiger partial charge in [0.05, 0.1) is 0 Å². The van der Waals surface area contributed by atoms with E-state index in [1.165, 1.54) is 6.92 Å². The first-order valence-electron chi connectivity index (χ1n) is 8.05. The van der Waals surface area contributed by atoms with Gasteiger partial charge in [-0.3, -0.25) is 9.69 Å². The van der Waals surface area contributed by atoms with Crippen molar-refractivity contribution in [3.05, 3.63) is 59.7 Å². The number of anilines is 2. The molecule has 0 saturated carbocycles. The van der Waals surface area contributed by atoms with Gasteiger partial charge in [0, 0.05) is 44.4 Å². The zero-order valence-electron chi connectivity index (χ0n) is 13.9. The van der Waals surface area contributed by atoms with E-state index in [0.717, 1.165) is 29.0 Å². The SMILES string of the molecule is CC(=O)OC1(Cc2cccc(N)c2)CN(Cc2cccc(N)c2)C1. The molecule has 1 fully saturated rings. The van der Waals surface area contributed by atoms with Crippen molar-refractivity contribution in [2.24, 2.45) is 0 Å². The third kappa shape index (κ3) is 3.86. The average Bonchev–Trinajstić information content (AvgIpc) is 2.45. The van der Waals surface area contributed by atoms with Crippen LogP contribution in [0.4, 0.5) is 11.4 Å². The molecule has 1 heterocycles. The predicted molar refractivity (Wildman–Crippen MR) is 95.2 cm³/mol. The van der Waals surface area contributed by atoms with E-state index < -0.39 is 5.60 Å². The molecule has 5 heteroatoms. The lowest BCUT2D eigenvalue weighted by Crippen LogP contribution is -2.64. The summed E-state index contributed by atoms with van der Waals surface area (Å²) in [5, 5.41) is 0. The zero-order valence-corrected chi connectivity index (χ0v) is 13.9. The molecule has 0 aromatic heterocycles. The van der Waals surface area contributed by atoms with E-state index in [4.69, 9.17) is 16.2 Å². The molecule has 0 unspecified atom stereocenters. The van der Waals surface area contributed by atoms with Gasteiger partial charge in [-0.25, -0.2) is 0 Å². The molecular weight excluding hydrogens is 302 g/mol. The molecule has 126 valence electrons. The molecule has 0 atom stereocenters.